The van der Waals surface area contributed by atoms with Gasteiger partial charge in [-0.3, -0.25) is 9.78 Å². The van der Waals surface area contributed by atoms with E-state index in [9.17, 15) is 35.2 Å². The minimum atomic E-state index is -4.62. The number of rotatable bonds is 7. The van der Waals surface area contributed by atoms with Crippen molar-refractivity contribution in [2.75, 3.05) is 6.67 Å². The van der Waals surface area contributed by atoms with Gasteiger partial charge in [0.25, 0.3) is 0 Å². The summed E-state index contributed by atoms with van der Waals surface area (Å²) in [5.41, 5.74) is -3.09. The third-order valence-corrected chi connectivity index (χ3v) is 8.39. The van der Waals surface area contributed by atoms with Crippen LogP contribution in [0.5, 0.6) is 0 Å². The van der Waals surface area contributed by atoms with E-state index in [1.54, 1.807) is 0 Å². The Morgan fingerprint density at radius 2 is 1.82 bits per heavy atom. The van der Waals surface area contributed by atoms with Crippen molar-refractivity contribution in [3.8, 4) is 11.3 Å². The maximum absolute atomic E-state index is 15.3. The van der Waals surface area contributed by atoms with Crippen molar-refractivity contribution in [2.45, 2.75) is 48.7 Å². The summed E-state index contributed by atoms with van der Waals surface area (Å²) in [6.07, 6.45) is -3.30. The molecule has 1 aromatic carbocycles. The van der Waals surface area contributed by atoms with E-state index in [0.717, 1.165) is 55.8 Å². The lowest BCUT2D eigenvalue weighted by Gasteiger charge is -2.28. The third kappa shape index (κ3) is 5.73. The predicted octanol–water partition coefficient (Wildman–Crippen LogP) is 3.84. The zero-order valence-corrected chi connectivity index (χ0v) is 21.0. The van der Waals surface area contributed by atoms with Gasteiger partial charge < -0.3 is 5.32 Å². The minimum Gasteiger partial charge on any atom is -0.349 e. The molecule has 2 aromatic heterocycles. The fourth-order valence-corrected chi connectivity index (χ4v) is 6.05. The van der Waals surface area contributed by atoms with Crippen molar-refractivity contribution in [1.82, 2.24) is 24.6 Å². The van der Waals surface area contributed by atoms with Crippen LogP contribution in [0, 0.1) is 5.82 Å². The Bertz CT molecular complexity index is 1450. The second-order valence-electron chi connectivity index (χ2n) is 8.90. The topological polar surface area (TPSA) is 105 Å². The molecule has 15 heteroatoms. The summed E-state index contributed by atoms with van der Waals surface area (Å²) in [6, 6.07) is 3.83. The summed E-state index contributed by atoms with van der Waals surface area (Å²) in [7, 11) is -4.53. The number of halogens is 6. The van der Waals surface area contributed by atoms with Crippen molar-refractivity contribution in [1.29, 1.82) is 0 Å². The number of carbonyl (C=O) groups is 1. The standard InChI is InChI=1S/C24H21F6N5O3S/c1-14-23(27,12-25)9-20(35(14)39(37,38)18-5-3-16(26)4-6-18)22(36)32-11-17-8-19(34-13-33-17)15-2-7-21(31-10-15)24(28,29)30/h2-8,10,13-14,20H,9,11-12H2,1H3,(H,32,36)/t14-,20+,23?/m1/s1. The fraction of sp³-hybridized carbons (Fsp3) is 0.333. The van der Waals surface area contributed by atoms with E-state index in [4.69, 9.17) is 0 Å². The van der Waals surface area contributed by atoms with Crippen molar-refractivity contribution < 1.29 is 39.6 Å². The molecule has 1 amide bonds. The molecule has 1 aliphatic heterocycles. The average Bonchev–Trinajstić information content (AvgIpc) is 3.19. The molecule has 1 aliphatic rings. The highest BCUT2D eigenvalue weighted by Gasteiger charge is 2.57. The monoisotopic (exact) mass is 573 g/mol. The van der Waals surface area contributed by atoms with Crippen LogP contribution < -0.4 is 5.32 Å². The second-order valence-corrected chi connectivity index (χ2v) is 10.7. The Kier molecular flexibility index (Phi) is 7.67. The molecule has 8 nitrogen and oxygen atoms in total. The molecule has 1 N–H and O–H groups in total. The molecule has 39 heavy (non-hydrogen) atoms. The Morgan fingerprint density at radius 3 is 2.41 bits per heavy atom. The van der Waals surface area contributed by atoms with Crippen LogP contribution in [0.2, 0.25) is 0 Å². The molecule has 3 atom stereocenters. The van der Waals surface area contributed by atoms with E-state index in [1.165, 1.54) is 6.07 Å². The number of pyridine rings is 1. The molecular weight excluding hydrogens is 552 g/mol. The van der Waals surface area contributed by atoms with Gasteiger partial charge in [0.1, 0.15) is 30.6 Å². The molecule has 1 fully saturated rings. The molecule has 0 aliphatic carbocycles. The van der Waals surface area contributed by atoms with E-state index >= 15 is 4.39 Å². The number of nitrogens with zero attached hydrogens (tertiary/aromatic N) is 4. The van der Waals surface area contributed by atoms with Gasteiger partial charge >= 0.3 is 6.18 Å². The number of hydrogen-bond acceptors (Lipinski definition) is 6. The first-order valence-corrected chi connectivity index (χ1v) is 12.9. The van der Waals surface area contributed by atoms with Gasteiger partial charge in [-0.25, -0.2) is 31.6 Å². The number of sulfonamides is 1. The first-order valence-electron chi connectivity index (χ1n) is 11.4. The summed E-state index contributed by atoms with van der Waals surface area (Å²) in [4.78, 5) is 24.0. The van der Waals surface area contributed by atoms with Crippen LogP contribution in [0.25, 0.3) is 11.3 Å². The van der Waals surface area contributed by atoms with Crippen LogP contribution in [0.4, 0.5) is 26.3 Å². The van der Waals surface area contributed by atoms with Crippen LogP contribution in [0.3, 0.4) is 0 Å². The van der Waals surface area contributed by atoms with Crippen LogP contribution in [-0.4, -0.2) is 58.0 Å². The second kappa shape index (κ2) is 10.5. The van der Waals surface area contributed by atoms with Gasteiger partial charge in [0.2, 0.25) is 15.9 Å². The minimum absolute atomic E-state index is 0.198. The van der Waals surface area contributed by atoms with Crippen LogP contribution >= 0.6 is 0 Å². The smallest absolute Gasteiger partial charge is 0.349 e. The first-order chi connectivity index (χ1) is 18.3. The summed E-state index contributed by atoms with van der Waals surface area (Å²) in [5.74, 6) is -1.64. The van der Waals surface area contributed by atoms with E-state index in [-0.39, 0.29) is 23.5 Å². The van der Waals surface area contributed by atoms with Gasteiger partial charge in [-0.15, -0.1) is 0 Å². The largest absolute Gasteiger partial charge is 0.433 e. The summed E-state index contributed by atoms with van der Waals surface area (Å²) in [6.45, 7) is -0.681. The lowest BCUT2D eigenvalue weighted by molar-refractivity contribution is -0.141. The predicted molar refractivity (Wildman–Crippen MR) is 125 cm³/mol. The van der Waals surface area contributed by atoms with Gasteiger partial charge in [0.15, 0.2) is 5.67 Å². The number of amides is 1. The number of nitrogens with one attached hydrogen (secondary N) is 1. The Balaban J connectivity index is 1.54. The van der Waals surface area contributed by atoms with E-state index < -0.39 is 69.4 Å². The zero-order valence-electron chi connectivity index (χ0n) is 20.2. The quantitative estimate of drug-likeness (QED) is 0.431. The van der Waals surface area contributed by atoms with Crippen LogP contribution in [0.15, 0.2) is 59.9 Å². The number of hydrogen-bond donors (Lipinski definition) is 1. The molecule has 3 aromatic rings. The molecule has 0 spiro atoms. The number of carbonyl (C=O) groups excluding carboxylic acids is 1. The van der Waals surface area contributed by atoms with Crippen LogP contribution in [-0.2, 0) is 27.5 Å². The SMILES string of the molecule is C[C@H]1N(S(=O)(=O)c2ccc(F)cc2)[C@H](C(=O)NCc2cc(-c3ccc(C(F)(F)F)nc3)ncn2)CC1(F)CF. The molecule has 208 valence electrons. The fourth-order valence-electron chi connectivity index (χ4n) is 4.22. The maximum Gasteiger partial charge on any atom is 0.433 e. The maximum atomic E-state index is 15.3. The highest BCUT2D eigenvalue weighted by Crippen LogP contribution is 2.41. The van der Waals surface area contributed by atoms with Gasteiger partial charge in [-0.05, 0) is 49.4 Å². The lowest BCUT2D eigenvalue weighted by Crippen LogP contribution is -2.49. The van der Waals surface area contributed by atoms with Gasteiger partial charge in [0.05, 0.1) is 28.9 Å². The third-order valence-electron chi connectivity index (χ3n) is 6.40. The summed E-state index contributed by atoms with van der Waals surface area (Å²) >= 11 is 0. The lowest BCUT2D eigenvalue weighted by atomic mass is 9.98. The molecule has 0 saturated carbocycles. The van der Waals surface area contributed by atoms with E-state index in [0.29, 0.717) is 4.31 Å². The highest BCUT2D eigenvalue weighted by molar-refractivity contribution is 7.89. The number of aromatic nitrogens is 3. The van der Waals surface area contributed by atoms with Gasteiger partial charge in [-0.1, -0.05) is 0 Å². The Morgan fingerprint density at radius 1 is 1.13 bits per heavy atom. The highest BCUT2D eigenvalue weighted by atomic mass is 32.2. The van der Waals surface area contributed by atoms with Crippen LogP contribution in [0.1, 0.15) is 24.7 Å². The van der Waals surface area contributed by atoms with E-state index in [1.807, 2.05) is 0 Å². The molecule has 0 radical (unpaired) electrons. The molecule has 4 rings (SSSR count). The molecule has 1 saturated heterocycles. The van der Waals surface area contributed by atoms with Crippen molar-refractivity contribution in [2.24, 2.45) is 0 Å². The zero-order chi connectivity index (χ0) is 28.6. The Hall–Kier alpha value is -3.59. The number of alkyl halides is 5. The molecule has 0 bridgehead atoms. The van der Waals surface area contributed by atoms with Crippen molar-refractivity contribution >= 4 is 15.9 Å². The van der Waals surface area contributed by atoms with Crippen molar-refractivity contribution in [3.63, 3.8) is 0 Å². The summed E-state index contributed by atoms with van der Waals surface area (Å²) < 4.78 is 108. The molecule has 3 heterocycles. The summed E-state index contributed by atoms with van der Waals surface area (Å²) in [5, 5.41) is 2.44. The Labute approximate surface area is 219 Å². The van der Waals surface area contributed by atoms with Gasteiger partial charge in [-0.2, -0.15) is 17.5 Å². The van der Waals surface area contributed by atoms with E-state index in [2.05, 4.69) is 20.3 Å². The number of benzene rings is 1. The molecule has 1 unspecified atom stereocenters. The normalized spacial score (nSPS) is 22.1. The van der Waals surface area contributed by atoms with Gasteiger partial charge in [0, 0.05) is 18.2 Å². The first kappa shape index (κ1) is 28.4. The molecular formula is C24H21F6N5O3S. The van der Waals surface area contributed by atoms with Crippen molar-refractivity contribution in [3.05, 3.63) is 72.2 Å². The average molecular weight is 574 g/mol.